The van der Waals surface area contributed by atoms with Crippen molar-refractivity contribution in [1.29, 1.82) is 0 Å². The Morgan fingerprint density at radius 1 is 1.21 bits per heavy atom. The van der Waals surface area contributed by atoms with E-state index in [-0.39, 0.29) is 11.5 Å². The van der Waals surface area contributed by atoms with Gasteiger partial charge in [-0.15, -0.1) is 0 Å². The minimum atomic E-state index is -0.420. The largest absolute Gasteiger partial charge is 0.389 e. The monoisotopic (exact) mass is 406 g/mol. The maximum Gasteiger partial charge on any atom is 0.0900 e. The molecule has 1 N–H and O–H groups in total. The highest BCUT2D eigenvalue weighted by Gasteiger charge is 2.60. The fourth-order valence-electron chi connectivity index (χ4n) is 6.09. The molecule has 1 aliphatic heterocycles. The summed E-state index contributed by atoms with van der Waals surface area (Å²) in [5, 5.41) is 11.4. The SMILES string of the molecule is CC1(C)[C@H]2CC[C@](C)(C2)[C@H]1OC[C@@H](O)CN1CCN(c2cccc(Cl)c2)CC1. The Labute approximate surface area is 174 Å². The van der Waals surface area contributed by atoms with Gasteiger partial charge in [0.05, 0.1) is 18.8 Å². The van der Waals surface area contributed by atoms with Crippen molar-refractivity contribution in [3.05, 3.63) is 29.3 Å². The maximum absolute atomic E-state index is 10.6. The van der Waals surface area contributed by atoms with Crippen molar-refractivity contribution in [2.24, 2.45) is 16.7 Å². The van der Waals surface area contributed by atoms with Gasteiger partial charge in [0.15, 0.2) is 0 Å². The molecule has 0 aromatic heterocycles. The fourth-order valence-corrected chi connectivity index (χ4v) is 6.28. The Hall–Kier alpha value is -0.810. The highest BCUT2D eigenvalue weighted by molar-refractivity contribution is 6.30. The van der Waals surface area contributed by atoms with Crippen LogP contribution in [0.1, 0.15) is 40.0 Å². The van der Waals surface area contributed by atoms with Crippen LogP contribution in [0.3, 0.4) is 0 Å². The summed E-state index contributed by atoms with van der Waals surface area (Å²) in [5.74, 6) is 0.777. The number of aliphatic hydroxyl groups excluding tert-OH is 1. The van der Waals surface area contributed by atoms with E-state index in [1.165, 1.54) is 24.9 Å². The topological polar surface area (TPSA) is 35.9 Å². The third-order valence-electron chi connectivity index (χ3n) is 7.61. The van der Waals surface area contributed by atoms with Crippen LogP contribution in [0.15, 0.2) is 24.3 Å². The maximum atomic E-state index is 10.6. The third kappa shape index (κ3) is 3.94. The zero-order chi connectivity index (χ0) is 19.9. The van der Waals surface area contributed by atoms with Gasteiger partial charge in [-0.3, -0.25) is 4.90 Å². The van der Waals surface area contributed by atoms with Crippen LogP contribution in [0.2, 0.25) is 5.02 Å². The van der Waals surface area contributed by atoms with Crippen molar-refractivity contribution in [2.45, 2.75) is 52.2 Å². The number of piperazine rings is 1. The lowest BCUT2D eigenvalue weighted by molar-refractivity contribution is -0.113. The summed E-state index contributed by atoms with van der Waals surface area (Å²) in [6.07, 6.45) is 3.74. The lowest BCUT2D eigenvalue weighted by Crippen LogP contribution is -2.50. The number of anilines is 1. The lowest BCUT2D eigenvalue weighted by atomic mass is 9.70. The smallest absolute Gasteiger partial charge is 0.0900 e. The van der Waals surface area contributed by atoms with E-state index in [2.05, 4.69) is 36.6 Å². The van der Waals surface area contributed by atoms with Gasteiger partial charge in [0.25, 0.3) is 0 Å². The predicted octanol–water partition coefficient (Wildman–Crippen LogP) is 4.05. The molecule has 156 valence electrons. The first kappa shape index (κ1) is 20.5. The molecular weight excluding hydrogens is 372 g/mol. The summed E-state index contributed by atoms with van der Waals surface area (Å²) in [6, 6.07) is 8.05. The Morgan fingerprint density at radius 2 is 1.96 bits per heavy atom. The van der Waals surface area contributed by atoms with Gasteiger partial charge in [-0.1, -0.05) is 38.4 Å². The molecule has 2 bridgehead atoms. The summed E-state index contributed by atoms with van der Waals surface area (Å²) >= 11 is 6.12. The lowest BCUT2D eigenvalue weighted by Gasteiger charge is -2.43. The average molecular weight is 407 g/mol. The molecule has 2 saturated carbocycles. The zero-order valence-corrected chi connectivity index (χ0v) is 18.3. The molecule has 0 radical (unpaired) electrons. The van der Waals surface area contributed by atoms with Crippen LogP contribution >= 0.6 is 11.6 Å². The van der Waals surface area contributed by atoms with E-state index in [9.17, 15) is 5.11 Å². The number of nitrogens with zero attached hydrogens (tertiary/aromatic N) is 2. The molecule has 0 unspecified atom stereocenters. The van der Waals surface area contributed by atoms with Gasteiger partial charge in [0.1, 0.15) is 0 Å². The van der Waals surface area contributed by atoms with Crippen molar-refractivity contribution in [2.75, 3.05) is 44.2 Å². The quantitative estimate of drug-likeness (QED) is 0.772. The van der Waals surface area contributed by atoms with Gasteiger partial charge in [0.2, 0.25) is 0 Å². The fraction of sp³-hybridized carbons (Fsp3) is 0.739. The molecule has 1 saturated heterocycles. The number of aliphatic hydroxyl groups is 1. The number of halogens is 1. The average Bonchev–Trinajstić information content (AvgIpc) is 3.13. The first-order valence-corrected chi connectivity index (χ1v) is 11.2. The summed E-state index contributed by atoms with van der Waals surface area (Å²) < 4.78 is 6.36. The second-order valence-electron chi connectivity index (χ2n) is 10.0. The van der Waals surface area contributed by atoms with E-state index in [1.54, 1.807) is 0 Å². The van der Waals surface area contributed by atoms with Crippen molar-refractivity contribution in [3.8, 4) is 0 Å². The highest BCUT2D eigenvalue weighted by atomic mass is 35.5. The summed E-state index contributed by atoms with van der Waals surface area (Å²) in [7, 11) is 0. The molecule has 4 nitrogen and oxygen atoms in total. The van der Waals surface area contributed by atoms with Crippen molar-refractivity contribution in [1.82, 2.24) is 4.90 Å². The van der Waals surface area contributed by atoms with E-state index in [1.807, 2.05) is 18.2 Å². The standard InChI is InChI=1S/C23H35ClN2O2/c1-22(2)17-7-8-23(3,14-17)21(22)28-16-20(27)15-25-9-11-26(12-10-25)19-6-4-5-18(24)13-19/h4-6,13,17,20-21,27H,7-12,14-16H2,1-3H3/t17-,20-,21-,23+/m0/s1. The molecule has 4 atom stereocenters. The van der Waals surface area contributed by atoms with Crippen LogP contribution in [-0.4, -0.2) is 61.5 Å². The number of fused-ring (bicyclic) bond motifs is 2. The molecule has 4 rings (SSSR count). The summed E-state index contributed by atoms with van der Waals surface area (Å²) in [5.41, 5.74) is 1.72. The highest BCUT2D eigenvalue weighted by Crippen LogP contribution is 2.63. The number of hydrogen-bond acceptors (Lipinski definition) is 4. The van der Waals surface area contributed by atoms with Crippen LogP contribution in [-0.2, 0) is 4.74 Å². The predicted molar refractivity (Wildman–Crippen MR) is 115 cm³/mol. The molecule has 0 spiro atoms. The van der Waals surface area contributed by atoms with Gasteiger partial charge < -0.3 is 14.7 Å². The molecule has 5 heteroatoms. The summed E-state index contributed by atoms with van der Waals surface area (Å²) in [4.78, 5) is 4.71. The Morgan fingerprint density at radius 3 is 2.61 bits per heavy atom. The van der Waals surface area contributed by atoms with Crippen LogP contribution in [0.4, 0.5) is 5.69 Å². The van der Waals surface area contributed by atoms with E-state index in [0.717, 1.165) is 37.1 Å². The molecule has 28 heavy (non-hydrogen) atoms. The first-order valence-electron chi connectivity index (χ1n) is 10.8. The van der Waals surface area contributed by atoms with Gasteiger partial charge in [-0.2, -0.15) is 0 Å². The Kier molecular flexibility index (Phi) is 5.69. The molecule has 3 aliphatic rings. The van der Waals surface area contributed by atoms with Crippen molar-refractivity contribution < 1.29 is 9.84 Å². The molecule has 0 amide bonds. The zero-order valence-electron chi connectivity index (χ0n) is 17.5. The van der Waals surface area contributed by atoms with Crippen LogP contribution in [0.25, 0.3) is 0 Å². The van der Waals surface area contributed by atoms with Crippen LogP contribution < -0.4 is 4.90 Å². The molecule has 2 aliphatic carbocycles. The number of hydrogen-bond donors (Lipinski definition) is 1. The van der Waals surface area contributed by atoms with E-state index < -0.39 is 6.10 Å². The number of rotatable bonds is 6. The van der Waals surface area contributed by atoms with E-state index in [0.29, 0.717) is 18.6 Å². The third-order valence-corrected chi connectivity index (χ3v) is 7.84. The van der Waals surface area contributed by atoms with Crippen LogP contribution in [0, 0.1) is 16.7 Å². The van der Waals surface area contributed by atoms with Gasteiger partial charge in [0, 0.05) is 43.4 Å². The van der Waals surface area contributed by atoms with Gasteiger partial charge in [-0.25, -0.2) is 0 Å². The molecule has 3 fully saturated rings. The number of benzene rings is 1. The minimum absolute atomic E-state index is 0.231. The van der Waals surface area contributed by atoms with Gasteiger partial charge in [-0.05, 0) is 54.2 Å². The Balaban J connectivity index is 1.24. The van der Waals surface area contributed by atoms with Gasteiger partial charge >= 0.3 is 0 Å². The second kappa shape index (κ2) is 7.79. The summed E-state index contributed by atoms with van der Waals surface area (Å²) in [6.45, 7) is 12.1. The molecule has 1 aromatic carbocycles. The van der Waals surface area contributed by atoms with Crippen molar-refractivity contribution in [3.63, 3.8) is 0 Å². The van der Waals surface area contributed by atoms with E-state index in [4.69, 9.17) is 16.3 Å². The van der Waals surface area contributed by atoms with Crippen LogP contribution in [0.5, 0.6) is 0 Å². The first-order chi connectivity index (χ1) is 13.3. The number of β-amino-alcohol motifs (C(OH)–C–C–N with tert-alkyl or cyclic N) is 1. The molecule has 1 heterocycles. The normalized spacial score (nSPS) is 33.4. The second-order valence-corrected chi connectivity index (χ2v) is 10.5. The van der Waals surface area contributed by atoms with E-state index >= 15 is 0 Å². The van der Waals surface area contributed by atoms with Crippen molar-refractivity contribution >= 4 is 17.3 Å². The minimum Gasteiger partial charge on any atom is -0.389 e. The molecule has 1 aromatic rings. The number of ether oxygens (including phenoxy) is 1. The molecular formula is C23H35ClN2O2. The Bertz CT molecular complexity index is 684.